The van der Waals surface area contributed by atoms with Gasteiger partial charge in [-0.25, -0.2) is 4.39 Å². The first kappa shape index (κ1) is 16.4. The van der Waals surface area contributed by atoms with Crippen LogP contribution in [0.5, 0.6) is 0 Å². The molecule has 1 aromatic rings. The SMILES string of the molecule is CCCN(C(=O)c1ccc(F)c(Br)c1)C1CCC(N)CC1. The van der Waals surface area contributed by atoms with E-state index in [0.29, 0.717) is 10.0 Å². The first-order valence-corrected chi connectivity index (χ1v) is 8.33. The first-order valence-electron chi connectivity index (χ1n) is 7.54. The van der Waals surface area contributed by atoms with E-state index in [0.717, 1.165) is 38.6 Å². The van der Waals surface area contributed by atoms with Crippen molar-refractivity contribution in [2.24, 2.45) is 5.73 Å². The molecule has 5 heteroatoms. The number of carbonyl (C=O) groups excluding carboxylic acids is 1. The maximum absolute atomic E-state index is 13.3. The second kappa shape index (κ2) is 7.36. The maximum atomic E-state index is 13.3. The zero-order chi connectivity index (χ0) is 15.4. The number of carbonyl (C=O) groups is 1. The van der Waals surface area contributed by atoms with Crippen LogP contribution in [0.2, 0.25) is 0 Å². The van der Waals surface area contributed by atoms with Crippen LogP contribution >= 0.6 is 15.9 Å². The number of benzene rings is 1. The molecule has 116 valence electrons. The van der Waals surface area contributed by atoms with Gasteiger partial charge in [0.15, 0.2) is 0 Å². The van der Waals surface area contributed by atoms with E-state index in [2.05, 4.69) is 22.9 Å². The summed E-state index contributed by atoms with van der Waals surface area (Å²) in [4.78, 5) is 14.7. The van der Waals surface area contributed by atoms with E-state index in [4.69, 9.17) is 5.73 Å². The van der Waals surface area contributed by atoms with Crippen molar-refractivity contribution in [1.29, 1.82) is 0 Å². The number of amides is 1. The van der Waals surface area contributed by atoms with Crippen molar-refractivity contribution in [1.82, 2.24) is 4.90 Å². The lowest BCUT2D eigenvalue weighted by molar-refractivity contribution is 0.0626. The topological polar surface area (TPSA) is 46.3 Å². The Morgan fingerprint density at radius 2 is 2.05 bits per heavy atom. The summed E-state index contributed by atoms with van der Waals surface area (Å²) < 4.78 is 13.7. The van der Waals surface area contributed by atoms with Gasteiger partial charge >= 0.3 is 0 Å². The van der Waals surface area contributed by atoms with Crippen LogP contribution in [0.4, 0.5) is 4.39 Å². The standard InChI is InChI=1S/C16H22BrFN2O/c1-2-9-20(13-6-4-12(19)5-7-13)16(21)11-3-8-15(18)14(17)10-11/h3,8,10,12-13H,2,4-7,9,19H2,1H3. The minimum absolute atomic E-state index is 0.0157. The van der Waals surface area contributed by atoms with Crippen molar-refractivity contribution in [2.75, 3.05) is 6.54 Å². The largest absolute Gasteiger partial charge is 0.336 e. The van der Waals surface area contributed by atoms with Gasteiger partial charge < -0.3 is 10.6 Å². The van der Waals surface area contributed by atoms with E-state index in [1.165, 1.54) is 6.07 Å². The fourth-order valence-corrected chi connectivity index (χ4v) is 3.28. The molecule has 3 nitrogen and oxygen atoms in total. The molecular weight excluding hydrogens is 335 g/mol. The van der Waals surface area contributed by atoms with Gasteiger partial charge in [0.1, 0.15) is 5.82 Å². The number of nitrogens with two attached hydrogens (primary N) is 1. The van der Waals surface area contributed by atoms with E-state index >= 15 is 0 Å². The molecule has 21 heavy (non-hydrogen) atoms. The number of rotatable bonds is 4. The third-order valence-electron chi connectivity index (χ3n) is 4.07. The molecule has 0 heterocycles. The molecule has 1 aliphatic carbocycles. The average molecular weight is 357 g/mol. The smallest absolute Gasteiger partial charge is 0.254 e. The molecule has 0 spiro atoms. The highest BCUT2D eigenvalue weighted by molar-refractivity contribution is 9.10. The summed E-state index contributed by atoms with van der Waals surface area (Å²) in [6.45, 7) is 2.79. The highest BCUT2D eigenvalue weighted by Gasteiger charge is 2.28. The quantitative estimate of drug-likeness (QED) is 0.893. The molecule has 2 rings (SSSR count). The molecule has 1 fully saturated rings. The first-order chi connectivity index (χ1) is 10.0. The van der Waals surface area contributed by atoms with Crippen LogP contribution in [0.1, 0.15) is 49.4 Å². The molecule has 2 N–H and O–H groups in total. The number of nitrogens with zero attached hydrogens (tertiary/aromatic N) is 1. The molecule has 0 unspecified atom stereocenters. The lowest BCUT2D eigenvalue weighted by Crippen LogP contribution is -2.44. The summed E-state index contributed by atoms with van der Waals surface area (Å²) in [5.41, 5.74) is 6.48. The molecule has 0 saturated heterocycles. The van der Waals surface area contributed by atoms with Gasteiger partial charge in [0.2, 0.25) is 0 Å². The molecule has 0 atom stereocenters. The Morgan fingerprint density at radius 1 is 1.38 bits per heavy atom. The van der Waals surface area contributed by atoms with Crippen LogP contribution < -0.4 is 5.73 Å². The third kappa shape index (κ3) is 4.04. The molecule has 1 aromatic carbocycles. The van der Waals surface area contributed by atoms with Gasteiger partial charge in [0, 0.05) is 24.2 Å². The minimum Gasteiger partial charge on any atom is -0.336 e. The predicted molar refractivity (Wildman–Crippen MR) is 85.7 cm³/mol. The molecule has 1 saturated carbocycles. The van der Waals surface area contributed by atoms with Crippen LogP contribution in [0.3, 0.4) is 0 Å². The molecule has 1 amide bonds. The van der Waals surface area contributed by atoms with Crippen LogP contribution in [0, 0.1) is 5.82 Å². The van der Waals surface area contributed by atoms with Gasteiger partial charge in [-0.3, -0.25) is 4.79 Å². The summed E-state index contributed by atoms with van der Waals surface area (Å²) in [6.07, 6.45) is 4.75. The minimum atomic E-state index is -0.350. The lowest BCUT2D eigenvalue weighted by Gasteiger charge is -2.36. The Hall–Kier alpha value is -0.940. The fourth-order valence-electron chi connectivity index (χ4n) is 2.90. The van der Waals surface area contributed by atoms with Crippen molar-refractivity contribution in [2.45, 2.75) is 51.1 Å². The molecule has 0 bridgehead atoms. The highest BCUT2D eigenvalue weighted by Crippen LogP contribution is 2.25. The number of halogens is 2. The monoisotopic (exact) mass is 356 g/mol. The average Bonchev–Trinajstić information content (AvgIpc) is 2.48. The zero-order valence-electron chi connectivity index (χ0n) is 12.3. The third-order valence-corrected chi connectivity index (χ3v) is 4.68. The van der Waals surface area contributed by atoms with E-state index in [9.17, 15) is 9.18 Å². The van der Waals surface area contributed by atoms with Crippen LogP contribution in [0.15, 0.2) is 22.7 Å². The predicted octanol–water partition coefficient (Wildman–Crippen LogP) is 3.71. The van der Waals surface area contributed by atoms with Gasteiger partial charge in [-0.15, -0.1) is 0 Å². The zero-order valence-corrected chi connectivity index (χ0v) is 13.9. The molecule has 0 radical (unpaired) electrons. The maximum Gasteiger partial charge on any atom is 0.254 e. The fraction of sp³-hybridized carbons (Fsp3) is 0.562. The lowest BCUT2D eigenvalue weighted by atomic mass is 9.90. The molecule has 0 aromatic heterocycles. The number of hydrogen-bond acceptors (Lipinski definition) is 2. The van der Waals surface area contributed by atoms with Gasteiger partial charge in [-0.1, -0.05) is 6.92 Å². The summed E-state index contributed by atoms with van der Waals surface area (Å²) >= 11 is 3.14. The van der Waals surface area contributed by atoms with Gasteiger partial charge in [0.05, 0.1) is 4.47 Å². The Morgan fingerprint density at radius 3 is 2.62 bits per heavy atom. The molecular formula is C16H22BrFN2O. The Balaban J connectivity index is 2.16. The van der Waals surface area contributed by atoms with Gasteiger partial charge in [-0.2, -0.15) is 0 Å². The summed E-state index contributed by atoms with van der Waals surface area (Å²) in [5.74, 6) is -0.366. The number of hydrogen-bond donors (Lipinski definition) is 1. The summed E-state index contributed by atoms with van der Waals surface area (Å²) in [5, 5.41) is 0. The second-order valence-electron chi connectivity index (χ2n) is 5.70. The van der Waals surface area contributed by atoms with Crippen molar-refractivity contribution >= 4 is 21.8 Å². The summed E-state index contributed by atoms with van der Waals surface area (Å²) in [7, 11) is 0. The van der Waals surface area contributed by atoms with Gasteiger partial charge in [0.25, 0.3) is 5.91 Å². The van der Waals surface area contributed by atoms with Crippen LogP contribution in [-0.2, 0) is 0 Å². The normalized spacial score (nSPS) is 22.1. The highest BCUT2D eigenvalue weighted by atomic mass is 79.9. The van der Waals surface area contributed by atoms with Crippen molar-refractivity contribution < 1.29 is 9.18 Å². The van der Waals surface area contributed by atoms with Gasteiger partial charge in [-0.05, 0) is 66.2 Å². The summed E-state index contributed by atoms with van der Waals surface area (Å²) in [6, 6.07) is 4.97. The van der Waals surface area contributed by atoms with E-state index in [1.807, 2.05) is 4.90 Å². The van der Waals surface area contributed by atoms with Crippen LogP contribution in [0.25, 0.3) is 0 Å². The van der Waals surface area contributed by atoms with Crippen molar-refractivity contribution in [3.8, 4) is 0 Å². The Kier molecular flexibility index (Phi) is 5.76. The van der Waals surface area contributed by atoms with Crippen molar-refractivity contribution in [3.05, 3.63) is 34.1 Å². The molecule has 1 aliphatic rings. The Bertz CT molecular complexity index is 501. The van der Waals surface area contributed by atoms with E-state index in [1.54, 1.807) is 12.1 Å². The van der Waals surface area contributed by atoms with E-state index < -0.39 is 0 Å². The molecule has 0 aliphatic heterocycles. The van der Waals surface area contributed by atoms with E-state index in [-0.39, 0.29) is 23.8 Å². The van der Waals surface area contributed by atoms with Crippen molar-refractivity contribution in [3.63, 3.8) is 0 Å². The van der Waals surface area contributed by atoms with Crippen LogP contribution in [-0.4, -0.2) is 29.4 Å². The second-order valence-corrected chi connectivity index (χ2v) is 6.55. The Labute approximate surface area is 133 Å².